The Bertz CT molecular complexity index is 793. The summed E-state index contributed by atoms with van der Waals surface area (Å²) in [6.07, 6.45) is 6.86. The fourth-order valence-corrected chi connectivity index (χ4v) is 8.48. The SMILES string of the molecule is CCN1CCN(c2ccc(Cl)cc2NC(=O)C23CC4CC(CC(Br)(C4)C2)C3)CC1. The molecule has 0 radical (unpaired) electrons. The molecule has 2 unspecified atom stereocenters. The molecule has 6 heteroatoms. The molecule has 4 bridgehead atoms. The summed E-state index contributed by atoms with van der Waals surface area (Å²) in [6.45, 7) is 7.40. The first-order chi connectivity index (χ1) is 13.9. The highest BCUT2D eigenvalue weighted by molar-refractivity contribution is 9.10. The zero-order chi connectivity index (χ0) is 20.2. The molecular weight excluding hydrogens is 450 g/mol. The van der Waals surface area contributed by atoms with Gasteiger partial charge in [0, 0.05) is 35.5 Å². The summed E-state index contributed by atoms with van der Waals surface area (Å²) >= 11 is 10.4. The number of hydrogen-bond acceptors (Lipinski definition) is 3. The second-order valence-corrected chi connectivity index (χ2v) is 12.0. The minimum atomic E-state index is -0.214. The van der Waals surface area contributed by atoms with Crippen molar-refractivity contribution in [2.45, 2.75) is 49.8 Å². The maximum absolute atomic E-state index is 13.7. The summed E-state index contributed by atoms with van der Waals surface area (Å²) < 4.78 is 0.183. The average molecular weight is 481 g/mol. The van der Waals surface area contributed by atoms with E-state index < -0.39 is 0 Å². The van der Waals surface area contributed by atoms with Crippen LogP contribution in [0, 0.1) is 17.3 Å². The van der Waals surface area contributed by atoms with E-state index in [1.54, 1.807) is 0 Å². The number of benzene rings is 1. The Morgan fingerprint density at radius 3 is 2.48 bits per heavy atom. The van der Waals surface area contributed by atoms with Crippen molar-refractivity contribution in [1.29, 1.82) is 0 Å². The molecule has 1 saturated heterocycles. The van der Waals surface area contributed by atoms with Crippen LogP contribution in [-0.4, -0.2) is 47.9 Å². The van der Waals surface area contributed by atoms with Crippen LogP contribution in [0.25, 0.3) is 0 Å². The first kappa shape index (κ1) is 20.1. The van der Waals surface area contributed by atoms with Crippen LogP contribution >= 0.6 is 27.5 Å². The molecule has 4 nitrogen and oxygen atoms in total. The number of piperazine rings is 1. The van der Waals surface area contributed by atoms with E-state index in [-0.39, 0.29) is 15.6 Å². The molecule has 0 aromatic heterocycles. The topological polar surface area (TPSA) is 35.6 Å². The largest absolute Gasteiger partial charge is 0.367 e. The lowest BCUT2D eigenvalue weighted by atomic mass is 9.49. The van der Waals surface area contributed by atoms with E-state index in [4.69, 9.17) is 11.6 Å². The zero-order valence-electron chi connectivity index (χ0n) is 17.2. The van der Waals surface area contributed by atoms with Gasteiger partial charge in [-0.1, -0.05) is 34.5 Å². The minimum absolute atomic E-state index is 0.183. The van der Waals surface area contributed by atoms with Gasteiger partial charge in [-0.3, -0.25) is 4.79 Å². The summed E-state index contributed by atoms with van der Waals surface area (Å²) in [6, 6.07) is 5.95. The van der Waals surface area contributed by atoms with Gasteiger partial charge in [0.1, 0.15) is 0 Å². The van der Waals surface area contributed by atoms with Gasteiger partial charge in [0.05, 0.1) is 16.8 Å². The van der Waals surface area contributed by atoms with Crippen molar-refractivity contribution in [1.82, 2.24) is 4.90 Å². The second kappa shape index (κ2) is 7.42. The third-order valence-electron chi connectivity index (χ3n) is 7.84. The van der Waals surface area contributed by atoms with Crippen molar-refractivity contribution in [3.8, 4) is 0 Å². The lowest BCUT2D eigenvalue weighted by molar-refractivity contribution is -0.138. The van der Waals surface area contributed by atoms with Gasteiger partial charge < -0.3 is 15.1 Å². The monoisotopic (exact) mass is 479 g/mol. The third-order valence-corrected chi connectivity index (χ3v) is 9.00. The highest BCUT2D eigenvalue weighted by Gasteiger charge is 2.59. The number of rotatable bonds is 4. The number of nitrogens with one attached hydrogen (secondary N) is 1. The van der Waals surface area contributed by atoms with Crippen molar-refractivity contribution in [2.24, 2.45) is 17.3 Å². The quantitative estimate of drug-likeness (QED) is 0.605. The summed E-state index contributed by atoms with van der Waals surface area (Å²) in [5.74, 6) is 1.61. The van der Waals surface area contributed by atoms with Gasteiger partial charge in [0.2, 0.25) is 5.91 Å². The zero-order valence-corrected chi connectivity index (χ0v) is 19.6. The second-order valence-electron chi connectivity index (χ2n) is 9.93. The molecule has 1 amide bonds. The van der Waals surface area contributed by atoms with E-state index in [0.29, 0.717) is 16.9 Å². The Morgan fingerprint density at radius 2 is 1.86 bits per heavy atom. The van der Waals surface area contributed by atoms with Gasteiger partial charge in [-0.15, -0.1) is 0 Å². The Balaban J connectivity index is 1.38. The molecule has 158 valence electrons. The first-order valence-electron chi connectivity index (χ1n) is 11.2. The van der Waals surface area contributed by atoms with E-state index in [1.165, 1.54) is 19.3 Å². The van der Waals surface area contributed by atoms with Crippen molar-refractivity contribution < 1.29 is 4.79 Å². The summed E-state index contributed by atoms with van der Waals surface area (Å²) in [5, 5.41) is 4.03. The molecule has 1 N–H and O–H groups in total. The maximum Gasteiger partial charge on any atom is 0.230 e. The molecule has 5 aliphatic rings. The molecule has 1 aromatic carbocycles. The van der Waals surface area contributed by atoms with Crippen LogP contribution in [0.1, 0.15) is 45.4 Å². The van der Waals surface area contributed by atoms with E-state index in [2.05, 4.69) is 44.0 Å². The Labute approximate surface area is 187 Å². The Hall–Kier alpha value is -0.780. The van der Waals surface area contributed by atoms with Crippen LogP contribution in [-0.2, 0) is 4.79 Å². The molecule has 5 fully saturated rings. The molecule has 4 saturated carbocycles. The van der Waals surface area contributed by atoms with Gasteiger partial charge in [-0.25, -0.2) is 0 Å². The van der Waals surface area contributed by atoms with Crippen LogP contribution in [0.5, 0.6) is 0 Å². The fourth-order valence-electron chi connectivity index (χ4n) is 6.86. The van der Waals surface area contributed by atoms with E-state index in [9.17, 15) is 4.79 Å². The number of anilines is 2. The normalized spacial score (nSPS) is 36.4. The minimum Gasteiger partial charge on any atom is -0.367 e. The van der Waals surface area contributed by atoms with Crippen LogP contribution < -0.4 is 10.2 Å². The molecule has 4 aliphatic carbocycles. The molecule has 29 heavy (non-hydrogen) atoms. The summed E-state index contributed by atoms with van der Waals surface area (Å²) in [7, 11) is 0. The van der Waals surface area contributed by atoms with E-state index in [0.717, 1.165) is 63.4 Å². The van der Waals surface area contributed by atoms with E-state index in [1.807, 2.05) is 12.1 Å². The van der Waals surface area contributed by atoms with Crippen LogP contribution in [0.3, 0.4) is 0 Å². The van der Waals surface area contributed by atoms with E-state index >= 15 is 0 Å². The van der Waals surface area contributed by atoms with Crippen LogP contribution in [0.4, 0.5) is 11.4 Å². The first-order valence-corrected chi connectivity index (χ1v) is 12.3. The van der Waals surface area contributed by atoms with Crippen LogP contribution in [0.2, 0.25) is 5.02 Å². The lowest BCUT2D eigenvalue weighted by Crippen LogP contribution is -2.57. The smallest absolute Gasteiger partial charge is 0.230 e. The number of likely N-dealkylation sites (N-methyl/N-ethyl adjacent to an activating group) is 1. The van der Waals surface area contributed by atoms with Gasteiger partial charge in [0.15, 0.2) is 0 Å². The van der Waals surface area contributed by atoms with Crippen molar-refractivity contribution in [2.75, 3.05) is 42.9 Å². The number of carbonyl (C=O) groups is 1. The number of amides is 1. The number of carbonyl (C=O) groups excluding carboxylic acids is 1. The van der Waals surface area contributed by atoms with Gasteiger partial charge in [0.25, 0.3) is 0 Å². The molecule has 2 atom stereocenters. The van der Waals surface area contributed by atoms with Crippen molar-refractivity contribution >= 4 is 44.8 Å². The highest BCUT2D eigenvalue weighted by atomic mass is 79.9. The highest BCUT2D eigenvalue weighted by Crippen LogP contribution is 2.64. The number of alkyl halides is 1. The Morgan fingerprint density at radius 1 is 1.17 bits per heavy atom. The van der Waals surface area contributed by atoms with Crippen molar-refractivity contribution in [3.63, 3.8) is 0 Å². The number of hydrogen-bond donors (Lipinski definition) is 1. The molecule has 1 heterocycles. The predicted molar refractivity (Wildman–Crippen MR) is 123 cm³/mol. The maximum atomic E-state index is 13.7. The average Bonchev–Trinajstić information content (AvgIpc) is 2.66. The fraction of sp³-hybridized carbons (Fsp3) is 0.696. The van der Waals surface area contributed by atoms with Gasteiger partial charge in [-0.2, -0.15) is 0 Å². The van der Waals surface area contributed by atoms with Gasteiger partial charge >= 0.3 is 0 Å². The number of nitrogens with zero attached hydrogens (tertiary/aromatic N) is 2. The number of halogens is 2. The summed E-state index contributed by atoms with van der Waals surface area (Å²) in [5.41, 5.74) is 1.78. The molecular formula is C23H31BrClN3O. The predicted octanol–water partition coefficient (Wildman–Crippen LogP) is 5.15. The lowest BCUT2D eigenvalue weighted by Gasteiger charge is -2.59. The molecule has 0 spiro atoms. The molecule has 6 rings (SSSR count). The standard InChI is InChI=1S/C23H31BrClN3O/c1-2-27-5-7-28(8-6-27)20-4-3-18(25)10-19(20)26-21(29)22-11-16-9-17(12-22)14-23(24,13-16)15-22/h3-4,10,16-17H,2,5-9,11-15H2,1H3,(H,26,29). The van der Waals surface area contributed by atoms with Gasteiger partial charge in [-0.05, 0) is 75.1 Å². The molecule has 1 aliphatic heterocycles. The van der Waals surface area contributed by atoms with Crippen molar-refractivity contribution in [3.05, 3.63) is 23.2 Å². The molecule has 1 aromatic rings. The summed E-state index contributed by atoms with van der Waals surface area (Å²) in [4.78, 5) is 18.5. The third kappa shape index (κ3) is 3.72. The van der Waals surface area contributed by atoms with Crippen LogP contribution in [0.15, 0.2) is 18.2 Å². The Kier molecular flexibility index (Phi) is 5.15.